The molecule has 0 saturated carbocycles. The topological polar surface area (TPSA) is 75.7 Å². The summed E-state index contributed by atoms with van der Waals surface area (Å²) in [6, 6.07) is 19.5. The molecule has 4 rings (SSSR count). The van der Waals surface area contributed by atoms with E-state index in [-0.39, 0.29) is 35.2 Å². The van der Waals surface area contributed by atoms with Gasteiger partial charge in [-0.15, -0.1) is 0 Å². The van der Waals surface area contributed by atoms with Crippen LogP contribution >= 0.6 is 35.0 Å². The van der Waals surface area contributed by atoms with Crippen molar-refractivity contribution < 1.29 is 19.1 Å². The monoisotopic (exact) mass is 526 g/mol. The first kappa shape index (κ1) is 24.9. The van der Waals surface area contributed by atoms with E-state index in [1.807, 2.05) is 31.2 Å². The van der Waals surface area contributed by atoms with Crippen molar-refractivity contribution in [3.63, 3.8) is 0 Å². The molecule has 3 aromatic carbocycles. The number of carbonyl (C=O) groups excluding carboxylic acids is 3. The normalized spacial score (nSPS) is 14.5. The van der Waals surface area contributed by atoms with Crippen LogP contribution in [-0.4, -0.2) is 28.6 Å². The van der Waals surface area contributed by atoms with Crippen LogP contribution in [0.3, 0.4) is 0 Å². The number of thioether (sulfide) groups is 1. The molecule has 1 aliphatic rings. The maximum absolute atomic E-state index is 12.8. The predicted octanol–water partition coefficient (Wildman–Crippen LogP) is 6.56. The number of imide groups is 1. The standard InChI is InChI=1S/C26H20Cl2N2O4S/c1-16-5-4-6-18(11-16)14-30-25(32)23(35-26(30)33)13-17-9-10-22(20(28)12-17)34-15-24(31)29-21-8-3-2-7-19(21)27/h2-13H,14-15H2,1H3,(H,29,31)/b23-13-. The van der Waals surface area contributed by atoms with Crippen LogP contribution in [0.4, 0.5) is 10.5 Å². The number of hydrogen-bond acceptors (Lipinski definition) is 5. The third-order valence-electron chi connectivity index (χ3n) is 5.06. The van der Waals surface area contributed by atoms with Gasteiger partial charge in [-0.05, 0) is 60.2 Å². The Morgan fingerprint density at radius 2 is 1.83 bits per heavy atom. The molecule has 0 atom stereocenters. The van der Waals surface area contributed by atoms with Crippen molar-refractivity contribution in [2.75, 3.05) is 11.9 Å². The van der Waals surface area contributed by atoms with Gasteiger partial charge in [0.15, 0.2) is 6.61 Å². The Bertz CT molecular complexity index is 1340. The Balaban J connectivity index is 1.39. The second-order valence-corrected chi connectivity index (χ2v) is 9.57. The second-order valence-electron chi connectivity index (χ2n) is 7.76. The van der Waals surface area contributed by atoms with Crippen molar-refractivity contribution in [2.45, 2.75) is 13.5 Å². The number of hydrogen-bond donors (Lipinski definition) is 1. The van der Waals surface area contributed by atoms with Crippen LogP contribution in [0.25, 0.3) is 6.08 Å². The minimum Gasteiger partial charge on any atom is -0.482 e. The van der Waals surface area contributed by atoms with Gasteiger partial charge in [0, 0.05) is 0 Å². The summed E-state index contributed by atoms with van der Waals surface area (Å²) in [6.45, 7) is 1.91. The number of benzene rings is 3. The van der Waals surface area contributed by atoms with E-state index in [0.717, 1.165) is 22.9 Å². The molecule has 3 aromatic rings. The summed E-state index contributed by atoms with van der Waals surface area (Å²) >= 11 is 13.3. The average Bonchev–Trinajstić information content (AvgIpc) is 3.07. The van der Waals surface area contributed by atoms with E-state index in [9.17, 15) is 14.4 Å². The largest absolute Gasteiger partial charge is 0.482 e. The van der Waals surface area contributed by atoms with Crippen molar-refractivity contribution in [3.05, 3.63) is 98.4 Å². The highest BCUT2D eigenvalue weighted by Crippen LogP contribution is 2.34. The van der Waals surface area contributed by atoms with Crippen molar-refractivity contribution in [2.24, 2.45) is 0 Å². The van der Waals surface area contributed by atoms with Gasteiger partial charge in [-0.2, -0.15) is 0 Å². The number of rotatable bonds is 7. The Kier molecular flexibility index (Phi) is 7.80. The molecule has 0 spiro atoms. The summed E-state index contributed by atoms with van der Waals surface area (Å²) in [5.74, 6) is -0.430. The molecule has 3 amide bonds. The van der Waals surface area contributed by atoms with Gasteiger partial charge in [0.2, 0.25) is 0 Å². The molecular weight excluding hydrogens is 507 g/mol. The number of nitrogens with one attached hydrogen (secondary N) is 1. The fourth-order valence-corrected chi connectivity index (χ4v) is 4.66. The van der Waals surface area contributed by atoms with Crippen molar-refractivity contribution >= 4 is 63.8 Å². The van der Waals surface area contributed by atoms with E-state index in [0.29, 0.717) is 26.9 Å². The highest BCUT2D eigenvalue weighted by Gasteiger charge is 2.35. The van der Waals surface area contributed by atoms with Crippen LogP contribution in [0, 0.1) is 6.92 Å². The molecule has 0 aromatic heterocycles. The maximum Gasteiger partial charge on any atom is 0.293 e. The molecule has 9 heteroatoms. The lowest BCUT2D eigenvalue weighted by Crippen LogP contribution is -2.27. The maximum atomic E-state index is 12.8. The van der Waals surface area contributed by atoms with E-state index < -0.39 is 0 Å². The van der Waals surface area contributed by atoms with Crippen LogP contribution in [0.2, 0.25) is 10.0 Å². The smallest absolute Gasteiger partial charge is 0.293 e. The number of amides is 3. The molecule has 0 bridgehead atoms. The van der Waals surface area contributed by atoms with Crippen LogP contribution in [0.1, 0.15) is 16.7 Å². The lowest BCUT2D eigenvalue weighted by atomic mass is 10.1. The number of ether oxygens (including phenoxy) is 1. The van der Waals surface area contributed by atoms with Crippen LogP contribution in [0.15, 0.2) is 71.6 Å². The fourth-order valence-electron chi connectivity index (χ4n) is 3.40. The summed E-state index contributed by atoms with van der Waals surface area (Å²) in [5.41, 5.74) is 3.06. The average molecular weight is 527 g/mol. The predicted molar refractivity (Wildman–Crippen MR) is 140 cm³/mol. The Morgan fingerprint density at radius 1 is 1.03 bits per heavy atom. The lowest BCUT2D eigenvalue weighted by Gasteiger charge is -2.12. The summed E-state index contributed by atoms with van der Waals surface area (Å²) in [6.07, 6.45) is 1.61. The van der Waals surface area contributed by atoms with Crippen molar-refractivity contribution in [1.82, 2.24) is 4.90 Å². The van der Waals surface area contributed by atoms with E-state index in [2.05, 4.69) is 5.32 Å². The zero-order chi connectivity index (χ0) is 24.9. The van der Waals surface area contributed by atoms with E-state index in [4.69, 9.17) is 27.9 Å². The first-order chi connectivity index (χ1) is 16.8. The lowest BCUT2D eigenvalue weighted by molar-refractivity contribution is -0.123. The molecule has 178 valence electrons. The summed E-state index contributed by atoms with van der Waals surface area (Å²) in [5, 5.41) is 3.04. The van der Waals surface area contributed by atoms with E-state index in [1.165, 1.54) is 4.90 Å². The molecule has 1 heterocycles. The van der Waals surface area contributed by atoms with Gasteiger partial charge < -0.3 is 10.1 Å². The second kappa shape index (κ2) is 11.0. The van der Waals surface area contributed by atoms with E-state index >= 15 is 0 Å². The van der Waals surface area contributed by atoms with Gasteiger partial charge in [0.25, 0.3) is 17.1 Å². The summed E-state index contributed by atoms with van der Waals surface area (Å²) in [7, 11) is 0. The minimum absolute atomic E-state index is 0.216. The SMILES string of the molecule is Cc1cccc(CN2C(=O)S/C(=C\c3ccc(OCC(=O)Nc4ccccc4Cl)c(Cl)c3)C2=O)c1. The summed E-state index contributed by atoms with van der Waals surface area (Å²) < 4.78 is 5.52. The molecule has 1 saturated heterocycles. The number of nitrogens with zero attached hydrogens (tertiary/aromatic N) is 1. The third kappa shape index (κ3) is 6.25. The molecule has 1 fully saturated rings. The zero-order valence-corrected chi connectivity index (χ0v) is 20.9. The molecular formula is C26H20Cl2N2O4S. The van der Waals surface area contributed by atoms with Crippen LogP contribution < -0.4 is 10.1 Å². The van der Waals surface area contributed by atoms with Crippen LogP contribution in [0.5, 0.6) is 5.75 Å². The molecule has 0 aliphatic carbocycles. The Morgan fingerprint density at radius 3 is 2.57 bits per heavy atom. The van der Waals surface area contributed by atoms with E-state index in [1.54, 1.807) is 48.5 Å². The van der Waals surface area contributed by atoms with Gasteiger partial charge in [-0.3, -0.25) is 19.3 Å². The van der Waals surface area contributed by atoms with Gasteiger partial charge in [-0.1, -0.05) is 71.2 Å². The number of halogens is 2. The first-order valence-corrected chi connectivity index (χ1v) is 12.1. The number of aryl methyl sites for hydroxylation is 1. The molecule has 1 N–H and O–H groups in total. The highest BCUT2D eigenvalue weighted by molar-refractivity contribution is 8.18. The summed E-state index contributed by atoms with van der Waals surface area (Å²) in [4.78, 5) is 39.0. The molecule has 1 aliphatic heterocycles. The number of para-hydroxylation sites is 1. The third-order valence-corrected chi connectivity index (χ3v) is 6.59. The molecule has 6 nitrogen and oxygen atoms in total. The fraction of sp³-hybridized carbons (Fsp3) is 0.115. The zero-order valence-electron chi connectivity index (χ0n) is 18.6. The number of carbonyl (C=O) groups is 3. The number of anilines is 1. The van der Waals surface area contributed by atoms with Crippen LogP contribution in [-0.2, 0) is 16.1 Å². The Labute approximate surface area is 216 Å². The van der Waals surface area contributed by atoms with Gasteiger partial charge in [0.1, 0.15) is 5.75 Å². The van der Waals surface area contributed by atoms with Gasteiger partial charge in [-0.25, -0.2) is 0 Å². The molecule has 0 unspecified atom stereocenters. The first-order valence-electron chi connectivity index (χ1n) is 10.6. The highest BCUT2D eigenvalue weighted by atomic mass is 35.5. The van der Waals surface area contributed by atoms with Gasteiger partial charge >= 0.3 is 0 Å². The molecule has 0 radical (unpaired) electrons. The quantitative estimate of drug-likeness (QED) is 0.353. The Hall–Kier alpha value is -3.26. The minimum atomic E-state index is -0.388. The van der Waals surface area contributed by atoms with Gasteiger partial charge in [0.05, 0.1) is 27.2 Å². The van der Waals surface area contributed by atoms with Crippen molar-refractivity contribution in [3.8, 4) is 5.75 Å². The molecule has 35 heavy (non-hydrogen) atoms. The van der Waals surface area contributed by atoms with Crippen molar-refractivity contribution in [1.29, 1.82) is 0 Å².